The first-order chi connectivity index (χ1) is 16.9. The van der Waals surface area contributed by atoms with Crippen LogP contribution in [0.1, 0.15) is 15.9 Å². The van der Waals surface area contributed by atoms with Gasteiger partial charge in [-0.1, -0.05) is 63.9 Å². The Morgan fingerprint density at radius 2 is 1.63 bits per heavy atom. The molecular formula is C26H17BrClN3O4. The molecule has 0 unspecified atom stereocenters. The molecule has 9 heteroatoms. The molecule has 7 nitrogen and oxygen atoms in total. The van der Waals surface area contributed by atoms with Crippen LogP contribution in [0, 0.1) is 0 Å². The highest BCUT2D eigenvalue weighted by molar-refractivity contribution is 9.10. The number of hydrazone groups is 1. The van der Waals surface area contributed by atoms with Gasteiger partial charge in [0.1, 0.15) is 5.75 Å². The molecular weight excluding hydrogens is 534 g/mol. The zero-order valence-corrected chi connectivity index (χ0v) is 20.3. The summed E-state index contributed by atoms with van der Waals surface area (Å²) in [6.07, 6.45) is 1.28. The Hall–Kier alpha value is -4.01. The highest BCUT2D eigenvalue weighted by atomic mass is 79.9. The maximum Gasteiger partial charge on any atom is 0.343 e. The first kappa shape index (κ1) is 24.1. The van der Waals surface area contributed by atoms with Crippen LogP contribution in [-0.4, -0.2) is 24.0 Å². The molecule has 4 rings (SSSR count). The number of hydrogen-bond acceptors (Lipinski definition) is 5. The number of amides is 2. The zero-order chi connectivity index (χ0) is 24.8. The van der Waals surface area contributed by atoms with E-state index in [2.05, 4.69) is 31.8 Å². The van der Waals surface area contributed by atoms with Crippen molar-refractivity contribution in [2.45, 2.75) is 0 Å². The highest BCUT2D eigenvalue weighted by Crippen LogP contribution is 2.24. The molecule has 0 aliphatic heterocycles. The SMILES string of the molecule is O=C(N/N=C\c1cc(Br)ccc1OC(=O)c1ccc(Cl)cc1)C(=O)Nc1cccc2ccccc12. The number of nitrogens with one attached hydrogen (secondary N) is 2. The normalized spacial score (nSPS) is 10.8. The van der Waals surface area contributed by atoms with E-state index in [0.717, 1.165) is 10.8 Å². The van der Waals surface area contributed by atoms with E-state index in [0.29, 0.717) is 26.3 Å². The number of anilines is 1. The molecule has 0 aliphatic carbocycles. The fourth-order valence-electron chi connectivity index (χ4n) is 3.18. The standard InChI is InChI=1S/C26H17BrClN3O4/c27-19-10-13-23(35-26(34)17-8-11-20(28)12-9-17)18(14-19)15-29-31-25(33)24(32)30-22-7-3-5-16-4-1-2-6-21(16)22/h1-15H,(H,30,32)(H,31,33)/b29-15-. The maximum absolute atomic E-state index is 12.5. The minimum atomic E-state index is -0.955. The number of ether oxygens (including phenoxy) is 1. The lowest BCUT2D eigenvalue weighted by atomic mass is 10.1. The van der Waals surface area contributed by atoms with Crippen molar-refractivity contribution in [3.63, 3.8) is 0 Å². The third kappa shape index (κ3) is 6.11. The van der Waals surface area contributed by atoms with Crippen molar-refractivity contribution < 1.29 is 19.1 Å². The number of halogens is 2. The van der Waals surface area contributed by atoms with Crippen molar-refractivity contribution in [3.05, 3.63) is 106 Å². The number of carbonyl (C=O) groups excluding carboxylic acids is 3. The van der Waals surface area contributed by atoms with E-state index in [1.54, 1.807) is 54.6 Å². The van der Waals surface area contributed by atoms with Gasteiger partial charge in [0.05, 0.1) is 11.8 Å². The van der Waals surface area contributed by atoms with Crippen LogP contribution in [0.5, 0.6) is 5.75 Å². The van der Waals surface area contributed by atoms with Gasteiger partial charge in [-0.05, 0) is 53.9 Å². The molecule has 0 aromatic heterocycles. The van der Waals surface area contributed by atoms with Crippen molar-refractivity contribution in [2.75, 3.05) is 5.32 Å². The Kier molecular flexibility index (Phi) is 7.54. The summed E-state index contributed by atoms with van der Waals surface area (Å²) in [6.45, 7) is 0. The van der Waals surface area contributed by atoms with Crippen LogP contribution in [0.4, 0.5) is 5.69 Å². The van der Waals surface area contributed by atoms with E-state index in [4.69, 9.17) is 16.3 Å². The largest absolute Gasteiger partial charge is 0.422 e. The quantitative estimate of drug-likeness (QED) is 0.112. The summed E-state index contributed by atoms with van der Waals surface area (Å²) < 4.78 is 6.16. The minimum absolute atomic E-state index is 0.214. The molecule has 0 radical (unpaired) electrons. The zero-order valence-electron chi connectivity index (χ0n) is 18.0. The molecule has 174 valence electrons. The van der Waals surface area contributed by atoms with Gasteiger partial charge < -0.3 is 10.1 Å². The van der Waals surface area contributed by atoms with Gasteiger partial charge in [0.2, 0.25) is 0 Å². The van der Waals surface area contributed by atoms with E-state index in [9.17, 15) is 14.4 Å². The molecule has 4 aromatic rings. The number of carbonyl (C=O) groups is 3. The summed E-state index contributed by atoms with van der Waals surface area (Å²) in [5, 5.41) is 8.67. The van der Waals surface area contributed by atoms with Crippen molar-refractivity contribution in [2.24, 2.45) is 5.10 Å². The second kappa shape index (κ2) is 10.9. The van der Waals surface area contributed by atoms with E-state index in [1.807, 2.05) is 30.3 Å². The molecule has 0 fully saturated rings. The summed E-state index contributed by atoms with van der Waals surface area (Å²) in [5.74, 6) is -2.20. The molecule has 2 N–H and O–H groups in total. The van der Waals surface area contributed by atoms with Crippen molar-refractivity contribution in [1.82, 2.24) is 5.43 Å². The van der Waals surface area contributed by atoms with Gasteiger partial charge in [-0.15, -0.1) is 0 Å². The molecule has 4 aromatic carbocycles. The Balaban J connectivity index is 1.43. The topological polar surface area (TPSA) is 96.9 Å². The first-order valence-electron chi connectivity index (χ1n) is 10.3. The average molecular weight is 551 g/mol. The summed E-state index contributed by atoms with van der Waals surface area (Å²) in [6, 6.07) is 24.1. The van der Waals surface area contributed by atoms with Crippen molar-refractivity contribution in [3.8, 4) is 5.75 Å². The van der Waals surface area contributed by atoms with Crippen LogP contribution in [0.25, 0.3) is 10.8 Å². The Labute approximate surface area is 213 Å². The second-order valence-corrected chi connectivity index (χ2v) is 8.61. The molecule has 35 heavy (non-hydrogen) atoms. The number of nitrogens with zero attached hydrogens (tertiary/aromatic N) is 1. The van der Waals surface area contributed by atoms with E-state index in [-0.39, 0.29) is 5.75 Å². The van der Waals surface area contributed by atoms with Gasteiger partial charge >= 0.3 is 17.8 Å². The number of benzene rings is 4. The average Bonchev–Trinajstić information content (AvgIpc) is 2.86. The summed E-state index contributed by atoms with van der Waals surface area (Å²) in [7, 11) is 0. The van der Waals surface area contributed by atoms with Crippen molar-refractivity contribution in [1.29, 1.82) is 0 Å². The van der Waals surface area contributed by atoms with E-state index in [1.165, 1.54) is 6.21 Å². The van der Waals surface area contributed by atoms with Gasteiger partial charge in [0.15, 0.2) is 0 Å². The van der Waals surface area contributed by atoms with Gasteiger partial charge in [-0.3, -0.25) is 9.59 Å². The highest BCUT2D eigenvalue weighted by Gasteiger charge is 2.15. The predicted octanol–water partition coefficient (Wildman–Crippen LogP) is 5.56. The van der Waals surface area contributed by atoms with Crippen LogP contribution >= 0.6 is 27.5 Å². The molecule has 0 spiro atoms. The number of esters is 1. The molecule has 0 heterocycles. The van der Waals surface area contributed by atoms with Gasteiger partial charge in [-0.25, -0.2) is 10.2 Å². The Bertz CT molecular complexity index is 1450. The third-order valence-electron chi connectivity index (χ3n) is 4.87. The number of hydrogen-bond donors (Lipinski definition) is 2. The first-order valence-corrected chi connectivity index (χ1v) is 11.5. The Morgan fingerprint density at radius 1 is 0.886 bits per heavy atom. The van der Waals surface area contributed by atoms with E-state index < -0.39 is 17.8 Å². The lowest BCUT2D eigenvalue weighted by Gasteiger charge is -2.09. The molecule has 0 bridgehead atoms. The van der Waals surface area contributed by atoms with Crippen molar-refractivity contribution >= 4 is 68.0 Å². The van der Waals surface area contributed by atoms with Crippen LogP contribution in [-0.2, 0) is 9.59 Å². The van der Waals surface area contributed by atoms with Crippen LogP contribution in [0.3, 0.4) is 0 Å². The molecule has 0 saturated heterocycles. The summed E-state index contributed by atoms with van der Waals surface area (Å²) in [4.78, 5) is 37.1. The van der Waals surface area contributed by atoms with Crippen LogP contribution in [0.15, 0.2) is 94.5 Å². The fraction of sp³-hybridized carbons (Fsp3) is 0. The van der Waals surface area contributed by atoms with E-state index >= 15 is 0 Å². The third-order valence-corrected chi connectivity index (χ3v) is 5.61. The number of rotatable bonds is 5. The lowest BCUT2D eigenvalue weighted by molar-refractivity contribution is -0.136. The van der Waals surface area contributed by atoms with Crippen LogP contribution < -0.4 is 15.5 Å². The lowest BCUT2D eigenvalue weighted by Crippen LogP contribution is -2.32. The molecule has 0 atom stereocenters. The monoisotopic (exact) mass is 549 g/mol. The smallest absolute Gasteiger partial charge is 0.343 e. The minimum Gasteiger partial charge on any atom is -0.422 e. The van der Waals surface area contributed by atoms with Gasteiger partial charge in [0.25, 0.3) is 0 Å². The van der Waals surface area contributed by atoms with Gasteiger partial charge in [-0.2, -0.15) is 5.10 Å². The molecule has 0 saturated carbocycles. The molecule has 2 amide bonds. The summed E-state index contributed by atoms with van der Waals surface area (Å²) >= 11 is 9.21. The van der Waals surface area contributed by atoms with Gasteiger partial charge in [0, 0.05) is 26.1 Å². The predicted molar refractivity (Wildman–Crippen MR) is 139 cm³/mol. The maximum atomic E-state index is 12.5. The fourth-order valence-corrected chi connectivity index (χ4v) is 3.69. The van der Waals surface area contributed by atoms with Crippen LogP contribution in [0.2, 0.25) is 5.02 Å². The summed E-state index contributed by atoms with van der Waals surface area (Å²) in [5.41, 5.74) is 3.41. The second-order valence-electron chi connectivity index (χ2n) is 7.26. The Morgan fingerprint density at radius 3 is 2.43 bits per heavy atom. The molecule has 0 aliphatic rings. The number of fused-ring (bicyclic) bond motifs is 1.